The summed E-state index contributed by atoms with van der Waals surface area (Å²) in [6, 6.07) is 6.38. The molecule has 0 amide bonds. The minimum atomic E-state index is -4.16. The summed E-state index contributed by atoms with van der Waals surface area (Å²) in [4.78, 5) is 0. The molecule has 0 radical (unpaired) electrons. The zero-order valence-corrected chi connectivity index (χ0v) is 10.8. The van der Waals surface area contributed by atoms with Crippen LogP contribution >= 0.6 is 0 Å². The highest BCUT2D eigenvalue weighted by atomic mass is 32.3. The zero-order valence-electron chi connectivity index (χ0n) is 10.0. The van der Waals surface area contributed by atoms with E-state index in [4.69, 9.17) is 4.55 Å². The summed E-state index contributed by atoms with van der Waals surface area (Å²) < 4.78 is 29.7. The molecule has 5 nitrogen and oxygen atoms in total. The first-order valence-electron chi connectivity index (χ1n) is 4.33. The van der Waals surface area contributed by atoms with Gasteiger partial charge in [0.2, 0.25) is 0 Å². The molecule has 0 aromatic heterocycles. The predicted octanol–water partition coefficient (Wildman–Crippen LogP) is 2.21. The van der Waals surface area contributed by atoms with E-state index in [2.05, 4.69) is 43.2 Å². The van der Waals surface area contributed by atoms with E-state index in [-0.39, 0.29) is 6.15 Å². The van der Waals surface area contributed by atoms with Crippen LogP contribution in [0.2, 0.25) is 0 Å². The fourth-order valence-electron chi connectivity index (χ4n) is 0.898. The van der Waals surface area contributed by atoms with Gasteiger partial charge in [0.15, 0.2) is 0 Å². The van der Waals surface area contributed by atoms with Crippen molar-refractivity contribution in [2.45, 2.75) is 20.8 Å². The van der Waals surface area contributed by atoms with E-state index < -0.39 is 10.4 Å². The fourth-order valence-corrected chi connectivity index (χ4v) is 0.898. The summed E-state index contributed by atoms with van der Waals surface area (Å²) in [7, 11) is -3.29. The molecule has 0 aliphatic carbocycles. The second-order valence-corrected chi connectivity index (χ2v) is 4.30. The van der Waals surface area contributed by atoms with Gasteiger partial charge in [-0.3, -0.25) is 8.74 Å². The first-order chi connectivity index (χ1) is 6.78. The van der Waals surface area contributed by atoms with Gasteiger partial charge in [0.05, 0.1) is 7.11 Å². The van der Waals surface area contributed by atoms with Crippen molar-refractivity contribution in [2.24, 2.45) is 0 Å². The minimum Gasteiger partial charge on any atom is -0.344 e. The fraction of sp³-hybridized carbons (Fsp3) is 0.400. The largest absolute Gasteiger partial charge is 0.397 e. The molecule has 0 fully saturated rings. The number of rotatable bonds is 1. The molecule has 0 spiro atoms. The Morgan fingerprint density at radius 3 is 1.62 bits per heavy atom. The normalized spacial score (nSPS) is 9.81. The standard InChI is InChI=1S/C9H12.CH4O4S.H3N/c1-7-5-4-6-8(2)9(7)3;1-5-6(2,3)4;/h4-6H,1-3H3;1H3,(H,2,3,4);1H3. The van der Waals surface area contributed by atoms with E-state index in [1.807, 2.05) is 0 Å². The van der Waals surface area contributed by atoms with Crippen LogP contribution in [0.1, 0.15) is 16.7 Å². The van der Waals surface area contributed by atoms with Crippen LogP contribution in [0, 0.1) is 20.8 Å². The molecule has 0 aliphatic rings. The Hall–Kier alpha value is -0.950. The van der Waals surface area contributed by atoms with Gasteiger partial charge in [-0.2, -0.15) is 8.42 Å². The molecule has 0 saturated heterocycles. The number of hydrogen-bond donors (Lipinski definition) is 2. The molecular formula is C10H19NO4S. The van der Waals surface area contributed by atoms with Crippen LogP contribution in [0.15, 0.2) is 18.2 Å². The Labute approximate surface area is 97.0 Å². The zero-order chi connectivity index (χ0) is 12.1. The summed E-state index contributed by atoms with van der Waals surface area (Å²) >= 11 is 0. The third-order valence-electron chi connectivity index (χ3n) is 2.09. The minimum absolute atomic E-state index is 0. The molecule has 0 unspecified atom stereocenters. The predicted molar refractivity (Wildman–Crippen MR) is 64.2 cm³/mol. The Morgan fingerprint density at radius 1 is 1.12 bits per heavy atom. The van der Waals surface area contributed by atoms with E-state index in [1.54, 1.807) is 0 Å². The first kappa shape index (κ1) is 17.4. The summed E-state index contributed by atoms with van der Waals surface area (Å²) in [5.41, 5.74) is 4.18. The van der Waals surface area contributed by atoms with Gasteiger partial charge in [0.1, 0.15) is 0 Å². The number of hydrogen-bond acceptors (Lipinski definition) is 4. The van der Waals surface area contributed by atoms with Crippen LogP contribution in [0.3, 0.4) is 0 Å². The molecule has 0 atom stereocenters. The van der Waals surface area contributed by atoms with E-state index in [0.717, 1.165) is 7.11 Å². The van der Waals surface area contributed by atoms with Crippen molar-refractivity contribution >= 4 is 10.4 Å². The summed E-state index contributed by atoms with van der Waals surface area (Å²) in [6.45, 7) is 6.44. The maximum atomic E-state index is 9.33. The van der Waals surface area contributed by atoms with Gasteiger partial charge in [-0.15, -0.1) is 0 Å². The second-order valence-electron chi connectivity index (χ2n) is 3.11. The highest BCUT2D eigenvalue weighted by molar-refractivity contribution is 7.80. The quantitative estimate of drug-likeness (QED) is 0.743. The molecule has 0 aliphatic heterocycles. The molecule has 0 bridgehead atoms. The van der Waals surface area contributed by atoms with Crippen molar-refractivity contribution in [1.29, 1.82) is 0 Å². The molecule has 6 heteroatoms. The lowest BCUT2D eigenvalue weighted by molar-refractivity contribution is 0.324. The highest BCUT2D eigenvalue weighted by Gasteiger charge is 1.94. The average Bonchev–Trinajstić information content (AvgIpc) is 2.14. The Kier molecular flexibility index (Phi) is 8.01. The molecule has 0 saturated carbocycles. The molecule has 0 heterocycles. The van der Waals surface area contributed by atoms with Crippen LogP contribution in [0.25, 0.3) is 0 Å². The van der Waals surface area contributed by atoms with Gasteiger partial charge in [-0.05, 0) is 37.5 Å². The van der Waals surface area contributed by atoms with Crippen molar-refractivity contribution in [3.8, 4) is 0 Å². The van der Waals surface area contributed by atoms with Gasteiger partial charge < -0.3 is 6.15 Å². The molecule has 1 aromatic rings. The monoisotopic (exact) mass is 249 g/mol. The molecule has 94 valence electrons. The summed E-state index contributed by atoms with van der Waals surface area (Å²) in [5, 5.41) is 0. The molecular weight excluding hydrogens is 230 g/mol. The van der Waals surface area contributed by atoms with E-state index in [9.17, 15) is 8.42 Å². The van der Waals surface area contributed by atoms with Crippen LogP contribution in [0.5, 0.6) is 0 Å². The van der Waals surface area contributed by atoms with Gasteiger partial charge in [0, 0.05) is 0 Å². The molecule has 1 aromatic carbocycles. The third kappa shape index (κ3) is 7.36. The van der Waals surface area contributed by atoms with Crippen molar-refractivity contribution in [3.05, 3.63) is 34.9 Å². The summed E-state index contributed by atoms with van der Waals surface area (Å²) in [6.07, 6.45) is 0. The molecule has 16 heavy (non-hydrogen) atoms. The van der Waals surface area contributed by atoms with Crippen molar-refractivity contribution < 1.29 is 17.2 Å². The van der Waals surface area contributed by atoms with Gasteiger partial charge in [-0.1, -0.05) is 18.2 Å². The molecule has 1 rings (SSSR count). The third-order valence-corrected chi connectivity index (χ3v) is 2.51. The van der Waals surface area contributed by atoms with Gasteiger partial charge >= 0.3 is 10.4 Å². The van der Waals surface area contributed by atoms with Gasteiger partial charge in [0.25, 0.3) is 0 Å². The SMILES string of the molecule is COS(=O)(=O)O.Cc1cccc(C)c1C.N. The lowest BCUT2D eigenvalue weighted by Gasteiger charge is -2.00. The number of benzene rings is 1. The van der Waals surface area contributed by atoms with E-state index >= 15 is 0 Å². The Balaban J connectivity index is 0. The topological polar surface area (TPSA) is 98.6 Å². The van der Waals surface area contributed by atoms with Crippen LogP contribution in [-0.2, 0) is 14.6 Å². The van der Waals surface area contributed by atoms with Crippen molar-refractivity contribution in [1.82, 2.24) is 6.15 Å². The van der Waals surface area contributed by atoms with Crippen LogP contribution < -0.4 is 6.15 Å². The van der Waals surface area contributed by atoms with Crippen molar-refractivity contribution in [2.75, 3.05) is 7.11 Å². The van der Waals surface area contributed by atoms with Gasteiger partial charge in [-0.25, -0.2) is 0 Å². The molecule has 4 N–H and O–H groups in total. The Morgan fingerprint density at radius 2 is 1.44 bits per heavy atom. The Bertz CT molecular complexity index is 395. The maximum absolute atomic E-state index is 9.33. The van der Waals surface area contributed by atoms with E-state index in [1.165, 1.54) is 16.7 Å². The second kappa shape index (κ2) is 7.34. The lowest BCUT2D eigenvalue weighted by Crippen LogP contribution is -1.96. The summed E-state index contributed by atoms with van der Waals surface area (Å²) in [5.74, 6) is 0. The lowest BCUT2D eigenvalue weighted by atomic mass is 10.1. The van der Waals surface area contributed by atoms with E-state index in [0.29, 0.717) is 0 Å². The van der Waals surface area contributed by atoms with Crippen LogP contribution in [0.4, 0.5) is 0 Å². The first-order valence-corrected chi connectivity index (χ1v) is 5.70. The average molecular weight is 249 g/mol. The van der Waals surface area contributed by atoms with Crippen LogP contribution in [-0.4, -0.2) is 20.1 Å². The highest BCUT2D eigenvalue weighted by Crippen LogP contribution is 2.09. The number of aryl methyl sites for hydroxylation is 2. The van der Waals surface area contributed by atoms with Crippen molar-refractivity contribution in [3.63, 3.8) is 0 Å². The maximum Gasteiger partial charge on any atom is 0.397 e. The smallest absolute Gasteiger partial charge is 0.344 e.